The van der Waals surface area contributed by atoms with Crippen LogP contribution in [0.15, 0.2) is 0 Å². The topological polar surface area (TPSA) is 62.5 Å². The molecule has 2 N–H and O–H groups in total. The summed E-state index contributed by atoms with van der Waals surface area (Å²) in [6, 6.07) is 0. The molecule has 1 aromatic heterocycles. The maximum atomic E-state index is 12.7. The molecule has 1 aliphatic heterocycles. The summed E-state index contributed by atoms with van der Waals surface area (Å²) >= 11 is 1.46. The standard InChI is InChI=1S/C15H24N4OS/c1-2-18(10-11-6-7-11)14(20)12-13(16)17-15(21-12)19-8-4-3-5-9-19/h11H,2-10,16H2,1H3. The quantitative estimate of drug-likeness (QED) is 0.908. The molecule has 2 aliphatic rings. The first kappa shape index (κ1) is 14.6. The Morgan fingerprint density at radius 2 is 2.10 bits per heavy atom. The second-order valence-corrected chi connectivity index (χ2v) is 7.02. The normalized spacial score (nSPS) is 18.8. The van der Waals surface area contributed by atoms with Crippen molar-refractivity contribution >= 4 is 28.2 Å². The second kappa shape index (κ2) is 6.22. The monoisotopic (exact) mass is 308 g/mol. The van der Waals surface area contributed by atoms with Gasteiger partial charge in [-0.05, 0) is 44.9 Å². The first-order valence-corrected chi connectivity index (χ1v) is 8.81. The Morgan fingerprint density at radius 1 is 1.38 bits per heavy atom. The first-order chi connectivity index (χ1) is 10.2. The zero-order valence-corrected chi connectivity index (χ0v) is 13.5. The minimum absolute atomic E-state index is 0.0580. The van der Waals surface area contributed by atoms with Crippen LogP contribution in [0.3, 0.4) is 0 Å². The molecule has 116 valence electrons. The van der Waals surface area contributed by atoms with Crippen LogP contribution in [0.2, 0.25) is 0 Å². The van der Waals surface area contributed by atoms with Crippen LogP contribution in [0.1, 0.15) is 48.7 Å². The van der Waals surface area contributed by atoms with Gasteiger partial charge in [0.1, 0.15) is 10.7 Å². The smallest absolute Gasteiger partial charge is 0.267 e. The van der Waals surface area contributed by atoms with Gasteiger partial charge in [0, 0.05) is 26.2 Å². The molecule has 0 spiro atoms. The Labute approximate surface area is 130 Å². The van der Waals surface area contributed by atoms with Crippen LogP contribution in [-0.2, 0) is 0 Å². The summed E-state index contributed by atoms with van der Waals surface area (Å²) < 4.78 is 0. The molecule has 0 aromatic carbocycles. The predicted octanol–water partition coefficient (Wildman–Crippen LogP) is 2.59. The van der Waals surface area contributed by atoms with E-state index in [4.69, 9.17) is 5.73 Å². The highest BCUT2D eigenvalue weighted by molar-refractivity contribution is 7.18. The van der Waals surface area contributed by atoms with Crippen LogP contribution in [0.5, 0.6) is 0 Å². The molecule has 3 rings (SSSR count). The molecule has 6 heteroatoms. The molecule has 1 aromatic rings. The molecule has 0 unspecified atom stereocenters. The van der Waals surface area contributed by atoms with E-state index in [1.165, 1.54) is 43.4 Å². The summed E-state index contributed by atoms with van der Waals surface area (Å²) in [6.07, 6.45) is 6.19. The van der Waals surface area contributed by atoms with Crippen molar-refractivity contribution in [3.8, 4) is 0 Å². The Bertz CT molecular complexity index is 506. The van der Waals surface area contributed by atoms with Gasteiger partial charge < -0.3 is 15.5 Å². The van der Waals surface area contributed by atoms with Gasteiger partial charge in [0.15, 0.2) is 5.13 Å². The molecular formula is C15H24N4OS. The number of nitrogens with zero attached hydrogens (tertiary/aromatic N) is 3. The Kier molecular flexibility index (Phi) is 4.33. The van der Waals surface area contributed by atoms with Crippen molar-refractivity contribution in [3.05, 3.63) is 4.88 Å². The van der Waals surface area contributed by atoms with Crippen molar-refractivity contribution in [2.24, 2.45) is 5.92 Å². The summed E-state index contributed by atoms with van der Waals surface area (Å²) in [5, 5.41) is 0.915. The van der Waals surface area contributed by atoms with Crippen LogP contribution < -0.4 is 10.6 Å². The summed E-state index contributed by atoms with van der Waals surface area (Å²) in [5.41, 5.74) is 6.01. The Hall–Kier alpha value is -1.30. The first-order valence-electron chi connectivity index (χ1n) is 7.99. The maximum Gasteiger partial charge on any atom is 0.267 e. The van der Waals surface area contributed by atoms with E-state index in [0.717, 1.165) is 31.3 Å². The lowest BCUT2D eigenvalue weighted by Gasteiger charge is -2.25. The lowest BCUT2D eigenvalue weighted by atomic mass is 10.1. The third-order valence-electron chi connectivity index (χ3n) is 4.31. The number of piperidine rings is 1. The van der Waals surface area contributed by atoms with Gasteiger partial charge in [0.25, 0.3) is 5.91 Å². The fraction of sp³-hybridized carbons (Fsp3) is 0.733. The highest BCUT2D eigenvalue weighted by Crippen LogP contribution is 2.33. The third-order valence-corrected chi connectivity index (χ3v) is 5.43. The van der Waals surface area contributed by atoms with Crippen molar-refractivity contribution in [1.82, 2.24) is 9.88 Å². The third kappa shape index (κ3) is 3.31. The molecule has 1 aliphatic carbocycles. The van der Waals surface area contributed by atoms with Crippen LogP contribution in [0.4, 0.5) is 10.9 Å². The molecule has 0 atom stereocenters. The number of hydrogen-bond donors (Lipinski definition) is 1. The summed E-state index contributed by atoms with van der Waals surface area (Å²) in [4.78, 5) is 21.9. The molecule has 5 nitrogen and oxygen atoms in total. The number of aromatic nitrogens is 1. The Morgan fingerprint density at radius 3 is 2.71 bits per heavy atom. The lowest BCUT2D eigenvalue weighted by Crippen LogP contribution is -2.32. The average Bonchev–Trinajstić information content (AvgIpc) is 3.25. The highest BCUT2D eigenvalue weighted by Gasteiger charge is 2.29. The SMILES string of the molecule is CCN(CC1CC1)C(=O)c1sc(N2CCCCC2)nc1N. The van der Waals surface area contributed by atoms with Gasteiger partial charge >= 0.3 is 0 Å². The number of thiazole rings is 1. The fourth-order valence-corrected chi connectivity index (χ4v) is 3.81. The number of nitrogens with two attached hydrogens (primary N) is 1. The van der Waals surface area contributed by atoms with Crippen molar-refractivity contribution in [3.63, 3.8) is 0 Å². The predicted molar refractivity (Wildman–Crippen MR) is 86.9 cm³/mol. The van der Waals surface area contributed by atoms with E-state index >= 15 is 0 Å². The number of rotatable bonds is 5. The van der Waals surface area contributed by atoms with Crippen LogP contribution >= 0.6 is 11.3 Å². The average molecular weight is 308 g/mol. The number of carbonyl (C=O) groups is 1. The molecule has 21 heavy (non-hydrogen) atoms. The van der Waals surface area contributed by atoms with Crippen molar-refractivity contribution in [2.75, 3.05) is 36.8 Å². The minimum Gasteiger partial charge on any atom is -0.382 e. The molecule has 1 saturated heterocycles. The highest BCUT2D eigenvalue weighted by atomic mass is 32.1. The van der Waals surface area contributed by atoms with E-state index in [2.05, 4.69) is 9.88 Å². The lowest BCUT2D eigenvalue weighted by molar-refractivity contribution is 0.0762. The van der Waals surface area contributed by atoms with Crippen molar-refractivity contribution in [1.29, 1.82) is 0 Å². The molecule has 0 radical (unpaired) electrons. The summed E-state index contributed by atoms with van der Waals surface area (Å²) in [6.45, 7) is 5.70. The molecule has 0 bridgehead atoms. The second-order valence-electron chi connectivity index (χ2n) is 6.05. The van der Waals surface area contributed by atoms with Gasteiger partial charge in [-0.3, -0.25) is 4.79 Å². The number of hydrogen-bond acceptors (Lipinski definition) is 5. The van der Waals surface area contributed by atoms with E-state index in [9.17, 15) is 4.79 Å². The van der Waals surface area contributed by atoms with E-state index in [-0.39, 0.29) is 5.91 Å². The van der Waals surface area contributed by atoms with E-state index in [1.807, 2.05) is 11.8 Å². The van der Waals surface area contributed by atoms with Crippen molar-refractivity contribution < 1.29 is 4.79 Å². The summed E-state index contributed by atoms with van der Waals surface area (Å²) in [7, 11) is 0. The largest absolute Gasteiger partial charge is 0.382 e. The number of anilines is 2. The van der Waals surface area contributed by atoms with E-state index < -0.39 is 0 Å². The molecular weight excluding hydrogens is 284 g/mol. The Balaban J connectivity index is 1.74. The number of amides is 1. The zero-order chi connectivity index (χ0) is 14.8. The van der Waals surface area contributed by atoms with Crippen molar-refractivity contribution in [2.45, 2.75) is 39.0 Å². The van der Waals surface area contributed by atoms with Gasteiger partial charge in [0.05, 0.1) is 0 Å². The summed E-state index contributed by atoms with van der Waals surface area (Å²) in [5.74, 6) is 1.16. The van der Waals surface area contributed by atoms with Gasteiger partial charge in [-0.2, -0.15) is 0 Å². The fourth-order valence-electron chi connectivity index (χ4n) is 2.81. The minimum atomic E-state index is 0.0580. The van der Waals surface area contributed by atoms with Gasteiger partial charge in [-0.25, -0.2) is 4.98 Å². The van der Waals surface area contributed by atoms with Gasteiger partial charge in [0.2, 0.25) is 0 Å². The van der Waals surface area contributed by atoms with Crippen LogP contribution in [0, 0.1) is 5.92 Å². The maximum absolute atomic E-state index is 12.7. The van der Waals surface area contributed by atoms with E-state index in [1.54, 1.807) is 0 Å². The van der Waals surface area contributed by atoms with Gasteiger partial charge in [-0.15, -0.1) is 0 Å². The number of carbonyl (C=O) groups excluding carboxylic acids is 1. The molecule has 2 fully saturated rings. The number of nitrogen functional groups attached to an aromatic ring is 1. The zero-order valence-electron chi connectivity index (χ0n) is 12.7. The van der Waals surface area contributed by atoms with Crippen LogP contribution in [0.25, 0.3) is 0 Å². The molecule has 1 saturated carbocycles. The molecule has 1 amide bonds. The van der Waals surface area contributed by atoms with Gasteiger partial charge in [-0.1, -0.05) is 11.3 Å². The van der Waals surface area contributed by atoms with Crippen LogP contribution in [-0.4, -0.2) is 42.0 Å². The molecule has 2 heterocycles. The van der Waals surface area contributed by atoms with E-state index in [0.29, 0.717) is 16.6 Å².